The molecular weight excluding hydrogens is 781 g/mol. The van der Waals surface area contributed by atoms with E-state index in [-0.39, 0.29) is 0 Å². The summed E-state index contributed by atoms with van der Waals surface area (Å²) in [7, 11) is 0. The van der Waals surface area contributed by atoms with Crippen LogP contribution in [0.15, 0.2) is 231 Å². The molecule has 0 bridgehead atoms. The fourth-order valence-corrected chi connectivity index (χ4v) is 11.0. The quantitative estimate of drug-likeness (QED) is 0.152. The lowest BCUT2D eigenvalue weighted by Crippen LogP contribution is -2.10. The maximum atomic E-state index is 2.45. The van der Waals surface area contributed by atoms with Crippen molar-refractivity contribution >= 4 is 103 Å². The highest BCUT2D eigenvalue weighted by Crippen LogP contribution is 2.44. The number of hydrogen-bond donors (Lipinski definition) is 0. The van der Waals surface area contributed by atoms with Crippen LogP contribution >= 0.6 is 11.3 Å². The molecule has 63 heavy (non-hydrogen) atoms. The Morgan fingerprint density at radius 3 is 1.63 bits per heavy atom. The summed E-state index contributed by atoms with van der Waals surface area (Å²) in [6.07, 6.45) is 0. The maximum Gasteiger partial charge on any atom is 0.0619 e. The molecule has 0 amide bonds. The molecule has 294 valence electrons. The molecule has 13 aromatic rings. The van der Waals surface area contributed by atoms with Gasteiger partial charge in [-0.2, -0.15) is 0 Å². The second kappa shape index (κ2) is 14.3. The van der Waals surface area contributed by atoms with E-state index in [9.17, 15) is 0 Å². The number of aromatic nitrogens is 1. The smallest absolute Gasteiger partial charge is 0.0619 e. The summed E-state index contributed by atoms with van der Waals surface area (Å²) in [5, 5.41) is 12.6. The predicted molar refractivity (Wildman–Crippen MR) is 272 cm³/mol. The van der Waals surface area contributed by atoms with E-state index in [0.29, 0.717) is 0 Å². The second-order valence-electron chi connectivity index (χ2n) is 16.5. The van der Waals surface area contributed by atoms with E-state index in [1.807, 2.05) is 11.3 Å². The molecule has 2 nitrogen and oxygen atoms in total. The number of nitrogens with zero attached hydrogens (tertiary/aromatic N) is 2. The number of para-hydroxylation sites is 1. The number of hydrogen-bond acceptors (Lipinski definition) is 2. The van der Waals surface area contributed by atoms with Crippen LogP contribution in [0.2, 0.25) is 0 Å². The Kier molecular flexibility index (Phi) is 8.12. The molecule has 3 heteroatoms. The largest absolute Gasteiger partial charge is 0.310 e. The third kappa shape index (κ3) is 5.78. The van der Waals surface area contributed by atoms with Crippen molar-refractivity contribution in [3.63, 3.8) is 0 Å². The third-order valence-electron chi connectivity index (χ3n) is 12.9. The lowest BCUT2D eigenvalue weighted by atomic mass is 9.98. The molecule has 11 aromatic carbocycles. The van der Waals surface area contributed by atoms with Crippen molar-refractivity contribution in [3.8, 4) is 27.9 Å². The molecule has 0 radical (unpaired) electrons. The Balaban J connectivity index is 0.951. The van der Waals surface area contributed by atoms with Gasteiger partial charge in [-0.05, 0) is 111 Å². The molecular formula is C60H38N2S. The molecule has 0 aliphatic heterocycles. The highest BCUT2D eigenvalue weighted by atomic mass is 32.1. The summed E-state index contributed by atoms with van der Waals surface area (Å²) < 4.78 is 5.09. The summed E-state index contributed by atoms with van der Waals surface area (Å²) in [5.41, 5.74) is 11.7. The van der Waals surface area contributed by atoms with E-state index in [1.165, 1.54) is 96.5 Å². The van der Waals surface area contributed by atoms with Crippen molar-refractivity contribution in [1.82, 2.24) is 4.57 Å². The van der Waals surface area contributed by atoms with Gasteiger partial charge < -0.3 is 9.47 Å². The van der Waals surface area contributed by atoms with Gasteiger partial charge in [0.1, 0.15) is 0 Å². The van der Waals surface area contributed by atoms with Crippen LogP contribution in [0.25, 0.3) is 102 Å². The van der Waals surface area contributed by atoms with Crippen LogP contribution in [0, 0.1) is 0 Å². The third-order valence-corrected chi connectivity index (χ3v) is 14.1. The van der Waals surface area contributed by atoms with Gasteiger partial charge in [-0.1, -0.05) is 164 Å². The van der Waals surface area contributed by atoms with Crippen LogP contribution in [-0.2, 0) is 0 Å². The lowest BCUT2D eigenvalue weighted by Gasteiger charge is -2.28. The molecule has 0 atom stereocenters. The Morgan fingerprint density at radius 1 is 0.317 bits per heavy atom. The van der Waals surface area contributed by atoms with E-state index >= 15 is 0 Å². The molecule has 0 spiro atoms. The number of fused-ring (bicyclic) bond motifs is 11. The van der Waals surface area contributed by atoms with Crippen molar-refractivity contribution < 1.29 is 0 Å². The summed E-state index contributed by atoms with van der Waals surface area (Å²) in [6.45, 7) is 0. The minimum atomic E-state index is 1.10. The van der Waals surface area contributed by atoms with E-state index in [2.05, 4.69) is 240 Å². The van der Waals surface area contributed by atoms with E-state index in [1.54, 1.807) is 0 Å². The number of rotatable bonds is 6. The Hall–Kier alpha value is -7.98. The standard InChI is InChI=1S/C60H38N2S/c1-2-14-45(15-3-1)62-57-37-43(27-33-52(57)54-34-26-41-12-4-7-17-49(41)60(54)62)40-24-31-47(32-25-40)61(56-38-44-13-5-6-16-48(44)50-18-8-9-19-51(50)56)46-29-22-39(23-30-46)42-28-35-59-55(36-42)53-20-10-11-21-58(53)63-59/h1-38H. The first kappa shape index (κ1) is 35.7. The van der Waals surface area contributed by atoms with Crippen molar-refractivity contribution in [1.29, 1.82) is 0 Å². The van der Waals surface area contributed by atoms with Crippen LogP contribution in [-0.4, -0.2) is 4.57 Å². The number of thiophene rings is 1. The Bertz CT molecular complexity index is 3900. The van der Waals surface area contributed by atoms with Gasteiger partial charge in [-0.25, -0.2) is 0 Å². The normalized spacial score (nSPS) is 11.8. The van der Waals surface area contributed by atoms with Gasteiger partial charge in [0.2, 0.25) is 0 Å². The zero-order chi connectivity index (χ0) is 41.4. The molecule has 0 saturated carbocycles. The minimum absolute atomic E-state index is 1.10. The highest BCUT2D eigenvalue weighted by molar-refractivity contribution is 7.25. The fourth-order valence-electron chi connectivity index (χ4n) is 9.96. The first-order valence-corrected chi connectivity index (χ1v) is 22.4. The molecule has 0 aliphatic carbocycles. The molecule has 0 aliphatic rings. The topological polar surface area (TPSA) is 8.17 Å². The second-order valence-corrected chi connectivity index (χ2v) is 17.6. The molecule has 0 saturated heterocycles. The minimum Gasteiger partial charge on any atom is -0.310 e. The summed E-state index contributed by atoms with van der Waals surface area (Å²) in [4.78, 5) is 2.43. The van der Waals surface area contributed by atoms with Crippen LogP contribution in [0.4, 0.5) is 17.1 Å². The Morgan fingerprint density at radius 2 is 0.873 bits per heavy atom. The Labute approximate surface area is 368 Å². The van der Waals surface area contributed by atoms with Gasteiger partial charge in [0.25, 0.3) is 0 Å². The molecule has 13 rings (SSSR count). The number of anilines is 3. The van der Waals surface area contributed by atoms with Crippen molar-refractivity contribution in [2.75, 3.05) is 4.90 Å². The van der Waals surface area contributed by atoms with Gasteiger partial charge in [0, 0.05) is 58.8 Å². The van der Waals surface area contributed by atoms with E-state index in [4.69, 9.17) is 0 Å². The first-order chi connectivity index (χ1) is 31.2. The SMILES string of the molecule is c1ccc(-n2c3cc(-c4ccc(N(c5ccc(-c6ccc7sc8ccccc8c7c6)cc5)c5cc6ccccc6c6ccccc56)cc4)ccc3c3ccc4ccccc4c32)cc1. The van der Waals surface area contributed by atoms with Gasteiger partial charge in [-0.15, -0.1) is 11.3 Å². The summed E-state index contributed by atoms with van der Waals surface area (Å²) in [6, 6.07) is 84.8. The molecule has 0 N–H and O–H groups in total. The van der Waals surface area contributed by atoms with Crippen molar-refractivity contribution in [2.24, 2.45) is 0 Å². The van der Waals surface area contributed by atoms with E-state index < -0.39 is 0 Å². The highest BCUT2D eigenvalue weighted by Gasteiger charge is 2.20. The summed E-state index contributed by atoms with van der Waals surface area (Å²) >= 11 is 1.86. The molecule has 2 heterocycles. The molecule has 2 aromatic heterocycles. The molecule has 0 unspecified atom stereocenters. The van der Waals surface area contributed by atoms with Gasteiger partial charge >= 0.3 is 0 Å². The maximum absolute atomic E-state index is 2.45. The predicted octanol–water partition coefficient (Wildman–Crippen LogP) is 17.4. The first-order valence-electron chi connectivity index (χ1n) is 21.6. The average Bonchev–Trinajstić information content (AvgIpc) is 3.90. The van der Waals surface area contributed by atoms with Crippen molar-refractivity contribution in [3.05, 3.63) is 231 Å². The van der Waals surface area contributed by atoms with Crippen molar-refractivity contribution in [2.45, 2.75) is 0 Å². The van der Waals surface area contributed by atoms with Crippen LogP contribution in [0.3, 0.4) is 0 Å². The van der Waals surface area contributed by atoms with Crippen LogP contribution < -0.4 is 4.90 Å². The van der Waals surface area contributed by atoms with Gasteiger partial charge in [-0.3, -0.25) is 0 Å². The zero-order valence-electron chi connectivity index (χ0n) is 34.2. The van der Waals surface area contributed by atoms with E-state index in [0.717, 1.165) is 22.7 Å². The average molecular weight is 819 g/mol. The lowest BCUT2D eigenvalue weighted by molar-refractivity contribution is 1.19. The fraction of sp³-hybridized carbons (Fsp3) is 0. The molecule has 0 fully saturated rings. The number of benzene rings is 11. The summed E-state index contributed by atoms with van der Waals surface area (Å²) in [5.74, 6) is 0. The zero-order valence-corrected chi connectivity index (χ0v) is 35.1. The van der Waals surface area contributed by atoms with Gasteiger partial charge in [0.15, 0.2) is 0 Å². The monoisotopic (exact) mass is 818 g/mol. The van der Waals surface area contributed by atoms with Crippen LogP contribution in [0.5, 0.6) is 0 Å². The van der Waals surface area contributed by atoms with Gasteiger partial charge in [0.05, 0.1) is 16.7 Å². The van der Waals surface area contributed by atoms with Crippen LogP contribution in [0.1, 0.15) is 0 Å².